The molecule has 0 saturated heterocycles. The van der Waals surface area contributed by atoms with E-state index in [9.17, 15) is 0 Å². The predicted octanol–water partition coefficient (Wildman–Crippen LogP) is 11.3. The van der Waals surface area contributed by atoms with Gasteiger partial charge in [0, 0.05) is 53.5 Å². The van der Waals surface area contributed by atoms with E-state index in [-0.39, 0.29) is 0 Å². The summed E-state index contributed by atoms with van der Waals surface area (Å²) in [6.45, 7) is 0. The van der Waals surface area contributed by atoms with Gasteiger partial charge in [0.05, 0.1) is 11.0 Å². The van der Waals surface area contributed by atoms with E-state index in [4.69, 9.17) is 9.40 Å². The largest absolute Gasteiger partial charge is 0.456 e. The number of hydrogen-bond donors (Lipinski definition) is 0. The lowest BCUT2D eigenvalue weighted by Crippen LogP contribution is -1.97. The number of benzene rings is 6. The van der Waals surface area contributed by atoms with Gasteiger partial charge in [-0.2, -0.15) is 0 Å². The molecule has 200 valence electrons. The SMILES string of the molecule is c1ccc2cc3c(cc2c1)c1cc2sc4ccccc4c2cc1n3-c1ccc(-c2cccc3oc4ccccc4c23)cn1. The first-order valence-corrected chi connectivity index (χ1v) is 15.3. The molecule has 0 aliphatic heterocycles. The van der Waals surface area contributed by atoms with Gasteiger partial charge in [0.2, 0.25) is 0 Å². The van der Waals surface area contributed by atoms with Crippen molar-refractivity contribution in [3.63, 3.8) is 0 Å². The molecular weight excluding hydrogens is 545 g/mol. The number of hydrogen-bond acceptors (Lipinski definition) is 3. The number of nitrogens with zero attached hydrogens (tertiary/aromatic N) is 2. The third-order valence-corrected chi connectivity index (χ3v) is 9.96. The zero-order valence-corrected chi connectivity index (χ0v) is 23.7. The maximum atomic E-state index is 6.16. The summed E-state index contributed by atoms with van der Waals surface area (Å²) in [5, 5.41) is 9.80. The van der Waals surface area contributed by atoms with Crippen molar-refractivity contribution >= 4 is 86.0 Å². The van der Waals surface area contributed by atoms with Gasteiger partial charge in [-0.05, 0) is 70.9 Å². The van der Waals surface area contributed by atoms with Crippen LogP contribution in [-0.2, 0) is 0 Å². The molecule has 43 heavy (non-hydrogen) atoms. The van der Waals surface area contributed by atoms with Crippen LogP contribution in [0.5, 0.6) is 0 Å². The minimum absolute atomic E-state index is 0.893. The fourth-order valence-electron chi connectivity index (χ4n) is 6.86. The molecule has 0 spiro atoms. The Labute approximate surface area is 249 Å². The fourth-order valence-corrected chi connectivity index (χ4v) is 7.99. The van der Waals surface area contributed by atoms with Crippen LogP contribution in [0.1, 0.15) is 0 Å². The Hall–Kier alpha value is -5.45. The zero-order valence-electron chi connectivity index (χ0n) is 22.9. The molecule has 0 fully saturated rings. The molecule has 0 bridgehead atoms. The molecule has 0 radical (unpaired) electrons. The van der Waals surface area contributed by atoms with Crippen molar-refractivity contribution in [2.45, 2.75) is 0 Å². The van der Waals surface area contributed by atoms with Crippen LogP contribution in [0.25, 0.3) is 91.6 Å². The van der Waals surface area contributed by atoms with Crippen molar-refractivity contribution < 1.29 is 4.42 Å². The third-order valence-electron chi connectivity index (χ3n) is 8.82. The van der Waals surface area contributed by atoms with Crippen LogP contribution in [0, 0.1) is 0 Å². The molecule has 3 nitrogen and oxygen atoms in total. The van der Waals surface area contributed by atoms with Gasteiger partial charge in [0.15, 0.2) is 0 Å². The van der Waals surface area contributed by atoms with E-state index in [2.05, 4.69) is 114 Å². The lowest BCUT2D eigenvalue weighted by molar-refractivity contribution is 0.669. The smallest absolute Gasteiger partial charge is 0.137 e. The molecule has 10 aromatic rings. The molecule has 0 aliphatic carbocycles. The number of pyridine rings is 1. The molecule has 4 heteroatoms. The standard InChI is InChI=1S/C39H22N2OS/c1-2-9-24-19-32-29(18-23(24)8-1)30-21-37-31(27-10-4-6-15-36(27)43-37)20-33(30)41(32)38-17-16-25(22-40-38)26-12-7-14-35-39(26)28-11-3-5-13-34(28)42-35/h1-22H. The Morgan fingerprint density at radius 1 is 0.535 bits per heavy atom. The van der Waals surface area contributed by atoms with E-state index in [1.807, 2.05) is 35.7 Å². The Balaban J connectivity index is 1.24. The average molecular weight is 567 g/mol. The molecule has 0 unspecified atom stereocenters. The molecule has 0 atom stereocenters. The number of thiophene rings is 1. The number of aromatic nitrogens is 2. The molecule has 6 aromatic carbocycles. The van der Waals surface area contributed by atoms with Gasteiger partial charge in [-0.3, -0.25) is 4.57 Å². The van der Waals surface area contributed by atoms with Gasteiger partial charge in [-0.15, -0.1) is 11.3 Å². The molecular formula is C39H22N2OS. The Morgan fingerprint density at radius 2 is 1.28 bits per heavy atom. The van der Waals surface area contributed by atoms with E-state index in [0.717, 1.165) is 38.9 Å². The van der Waals surface area contributed by atoms with Crippen LogP contribution in [0.4, 0.5) is 0 Å². The predicted molar refractivity (Wildman–Crippen MR) is 182 cm³/mol. The maximum absolute atomic E-state index is 6.16. The molecule has 0 aliphatic rings. The topological polar surface area (TPSA) is 31.0 Å². The van der Waals surface area contributed by atoms with Crippen molar-refractivity contribution in [1.82, 2.24) is 9.55 Å². The first kappa shape index (κ1) is 23.1. The van der Waals surface area contributed by atoms with Gasteiger partial charge < -0.3 is 4.42 Å². The van der Waals surface area contributed by atoms with Gasteiger partial charge in [0.25, 0.3) is 0 Å². The third kappa shape index (κ3) is 3.27. The van der Waals surface area contributed by atoms with Crippen LogP contribution in [0.2, 0.25) is 0 Å². The maximum Gasteiger partial charge on any atom is 0.137 e. The van der Waals surface area contributed by atoms with E-state index >= 15 is 0 Å². The van der Waals surface area contributed by atoms with E-state index < -0.39 is 0 Å². The second kappa shape index (κ2) is 8.54. The summed E-state index contributed by atoms with van der Waals surface area (Å²) in [5.41, 5.74) is 6.33. The van der Waals surface area contributed by atoms with Crippen LogP contribution >= 0.6 is 11.3 Å². The molecule has 0 N–H and O–H groups in total. The van der Waals surface area contributed by atoms with Crippen molar-refractivity contribution in [3.8, 4) is 16.9 Å². The van der Waals surface area contributed by atoms with Crippen LogP contribution in [0.3, 0.4) is 0 Å². The first-order chi connectivity index (χ1) is 21.3. The van der Waals surface area contributed by atoms with Crippen molar-refractivity contribution in [3.05, 3.63) is 134 Å². The second-order valence-electron chi connectivity index (χ2n) is 11.2. The van der Waals surface area contributed by atoms with Gasteiger partial charge in [0.1, 0.15) is 17.0 Å². The number of fused-ring (bicyclic) bond motifs is 10. The van der Waals surface area contributed by atoms with Gasteiger partial charge in [-0.1, -0.05) is 72.8 Å². The van der Waals surface area contributed by atoms with E-state index in [1.54, 1.807) is 0 Å². The summed E-state index contributed by atoms with van der Waals surface area (Å²) in [5.74, 6) is 0.905. The summed E-state index contributed by atoms with van der Waals surface area (Å²) in [4.78, 5) is 5.11. The highest BCUT2D eigenvalue weighted by atomic mass is 32.1. The minimum Gasteiger partial charge on any atom is -0.456 e. The summed E-state index contributed by atoms with van der Waals surface area (Å²) in [6, 6.07) is 45.5. The summed E-state index contributed by atoms with van der Waals surface area (Å²) >= 11 is 1.86. The van der Waals surface area contributed by atoms with Crippen LogP contribution in [0.15, 0.2) is 138 Å². The normalized spacial score (nSPS) is 12.2. The highest BCUT2D eigenvalue weighted by Crippen LogP contribution is 2.42. The number of rotatable bonds is 2. The lowest BCUT2D eigenvalue weighted by atomic mass is 10.0. The van der Waals surface area contributed by atoms with Gasteiger partial charge >= 0.3 is 0 Å². The Morgan fingerprint density at radius 3 is 2.16 bits per heavy atom. The fraction of sp³-hybridized carbons (Fsp3) is 0. The average Bonchev–Trinajstić information content (AvgIpc) is 3.71. The summed E-state index contributed by atoms with van der Waals surface area (Å²) in [7, 11) is 0. The minimum atomic E-state index is 0.893. The summed E-state index contributed by atoms with van der Waals surface area (Å²) < 4.78 is 11.1. The monoisotopic (exact) mass is 566 g/mol. The number of furan rings is 1. The van der Waals surface area contributed by atoms with Crippen LogP contribution < -0.4 is 0 Å². The van der Waals surface area contributed by atoms with E-state index in [0.29, 0.717) is 0 Å². The zero-order chi connectivity index (χ0) is 28.1. The molecule has 0 amide bonds. The second-order valence-corrected chi connectivity index (χ2v) is 12.3. The number of para-hydroxylation sites is 1. The molecule has 4 heterocycles. The molecule has 4 aromatic heterocycles. The van der Waals surface area contributed by atoms with Crippen molar-refractivity contribution in [2.24, 2.45) is 0 Å². The quantitative estimate of drug-likeness (QED) is 0.208. The first-order valence-electron chi connectivity index (χ1n) is 14.5. The highest BCUT2D eigenvalue weighted by molar-refractivity contribution is 7.25. The lowest BCUT2D eigenvalue weighted by Gasteiger charge is -2.10. The van der Waals surface area contributed by atoms with Crippen molar-refractivity contribution in [1.29, 1.82) is 0 Å². The van der Waals surface area contributed by atoms with Crippen molar-refractivity contribution in [2.75, 3.05) is 0 Å². The molecule has 0 saturated carbocycles. The highest BCUT2D eigenvalue weighted by Gasteiger charge is 2.18. The van der Waals surface area contributed by atoms with Crippen LogP contribution in [-0.4, -0.2) is 9.55 Å². The Kier molecular flexibility index (Phi) is 4.60. The summed E-state index contributed by atoms with van der Waals surface area (Å²) in [6.07, 6.45) is 2.00. The van der Waals surface area contributed by atoms with E-state index in [1.165, 1.54) is 52.8 Å². The molecule has 10 rings (SSSR count). The Bertz CT molecular complexity index is 2730. The van der Waals surface area contributed by atoms with Gasteiger partial charge in [-0.25, -0.2) is 4.98 Å².